The van der Waals surface area contributed by atoms with E-state index in [1.165, 1.54) is 12.1 Å². The van der Waals surface area contributed by atoms with Crippen molar-refractivity contribution in [1.29, 1.82) is 0 Å². The van der Waals surface area contributed by atoms with Crippen molar-refractivity contribution in [2.45, 2.75) is 30.9 Å². The highest BCUT2D eigenvalue weighted by atomic mass is 32.2. The zero-order chi connectivity index (χ0) is 15.6. The minimum atomic E-state index is -4.32. The van der Waals surface area contributed by atoms with Gasteiger partial charge >= 0.3 is 0 Å². The number of ether oxygens (including phenoxy) is 1. The predicted octanol–water partition coefficient (Wildman–Crippen LogP) is 1.27. The summed E-state index contributed by atoms with van der Waals surface area (Å²) in [6, 6.07) is 4.93. The van der Waals surface area contributed by atoms with Gasteiger partial charge in [0.05, 0.1) is 4.92 Å². The molecule has 1 aliphatic heterocycles. The van der Waals surface area contributed by atoms with Gasteiger partial charge in [0.25, 0.3) is 15.7 Å². The Morgan fingerprint density at radius 3 is 2.71 bits per heavy atom. The Balaban J connectivity index is 2.51. The number of hydrogen-bond donors (Lipinski definition) is 0. The van der Waals surface area contributed by atoms with Crippen LogP contribution in [-0.4, -0.2) is 36.4 Å². The number of carbonyl (C=O) groups excluding carboxylic acids is 1. The van der Waals surface area contributed by atoms with E-state index in [2.05, 4.69) is 0 Å². The lowest BCUT2D eigenvalue weighted by Crippen LogP contribution is -2.40. The van der Waals surface area contributed by atoms with E-state index in [1.807, 2.05) is 0 Å². The van der Waals surface area contributed by atoms with E-state index in [0.717, 1.165) is 12.1 Å². The molecule has 1 aromatic carbocycles. The van der Waals surface area contributed by atoms with Crippen LogP contribution in [0.5, 0.6) is 0 Å². The Morgan fingerprint density at radius 1 is 1.43 bits per heavy atom. The van der Waals surface area contributed by atoms with Gasteiger partial charge in [-0.3, -0.25) is 14.9 Å². The van der Waals surface area contributed by atoms with Crippen LogP contribution in [0.4, 0.5) is 5.69 Å². The van der Waals surface area contributed by atoms with Crippen LogP contribution in [0.15, 0.2) is 29.2 Å². The molecule has 1 saturated heterocycles. The SMILES string of the molecule is CCOC1CCC(=O)N1S(=O)(=O)c1ccccc1[N+](=O)[O-]. The topological polar surface area (TPSA) is 107 Å². The Morgan fingerprint density at radius 2 is 2.10 bits per heavy atom. The van der Waals surface area contributed by atoms with Crippen molar-refractivity contribution in [1.82, 2.24) is 4.31 Å². The second-order valence-electron chi connectivity index (χ2n) is 4.37. The molecule has 0 radical (unpaired) electrons. The summed E-state index contributed by atoms with van der Waals surface area (Å²) in [4.78, 5) is 21.5. The highest BCUT2D eigenvalue weighted by Gasteiger charge is 2.43. The number of rotatable bonds is 5. The Bertz CT molecular complexity index is 672. The fourth-order valence-electron chi connectivity index (χ4n) is 2.20. The molecule has 8 nitrogen and oxygen atoms in total. The highest BCUT2D eigenvalue weighted by molar-refractivity contribution is 7.89. The Labute approximate surface area is 121 Å². The van der Waals surface area contributed by atoms with Crippen molar-refractivity contribution in [2.75, 3.05) is 6.61 Å². The van der Waals surface area contributed by atoms with Crippen LogP contribution in [0.25, 0.3) is 0 Å². The van der Waals surface area contributed by atoms with Gasteiger partial charge in [-0.1, -0.05) is 12.1 Å². The predicted molar refractivity (Wildman–Crippen MR) is 71.8 cm³/mol. The lowest BCUT2D eigenvalue weighted by atomic mass is 10.3. The third-order valence-electron chi connectivity index (χ3n) is 3.07. The number of nitro benzene ring substituents is 1. The number of carbonyl (C=O) groups is 1. The van der Waals surface area contributed by atoms with Crippen LogP contribution >= 0.6 is 0 Å². The van der Waals surface area contributed by atoms with Crippen molar-refractivity contribution in [3.63, 3.8) is 0 Å². The van der Waals surface area contributed by atoms with Gasteiger partial charge in [-0.2, -0.15) is 0 Å². The van der Waals surface area contributed by atoms with Gasteiger partial charge in [0.15, 0.2) is 4.90 Å². The van der Waals surface area contributed by atoms with E-state index in [4.69, 9.17) is 4.74 Å². The minimum absolute atomic E-state index is 0.0323. The van der Waals surface area contributed by atoms with Crippen LogP contribution in [0.1, 0.15) is 19.8 Å². The molecule has 1 aliphatic rings. The average Bonchev–Trinajstić information content (AvgIpc) is 2.81. The fourth-order valence-corrected chi connectivity index (χ4v) is 3.90. The van der Waals surface area contributed by atoms with Crippen molar-refractivity contribution in [3.8, 4) is 0 Å². The molecule has 0 saturated carbocycles. The molecule has 1 aromatic rings. The molecule has 1 heterocycles. The van der Waals surface area contributed by atoms with Crippen molar-refractivity contribution < 1.29 is 22.9 Å². The quantitative estimate of drug-likeness (QED) is 0.598. The van der Waals surface area contributed by atoms with Gasteiger partial charge < -0.3 is 4.74 Å². The Hall–Kier alpha value is -2.00. The number of hydrogen-bond acceptors (Lipinski definition) is 6. The molecular weight excluding hydrogens is 300 g/mol. The van der Waals surface area contributed by atoms with E-state index in [9.17, 15) is 23.3 Å². The van der Waals surface area contributed by atoms with E-state index < -0.39 is 37.7 Å². The zero-order valence-electron chi connectivity index (χ0n) is 11.3. The summed E-state index contributed by atoms with van der Waals surface area (Å²) in [6.07, 6.45) is -0.635. The molecule has 21 heavy (non-hydrogen) atoms. The molecule has 0 aromatic heterocycles. The molecule has 114 valence electrons. The minimum Gasteiger partial charge on any atom is -0.357 e. The molecule has 9 heteroatoms. The van der Waals surface area contributed by atoms with Crippen LogP contribution in [0.2, 0.25) is 0 Å². The first-order valence-corrected chi connectivity index (χ1v) is 7.76. The lowest BCUT2D eigenvalue weighted by Gasteiger charge is -2.23. The average molecular weight is 314 g/mol. The number of para-hydroxylation sites is 1. The van der Waals surface area contributed by atoms with Crippen molar-refractivity contribution in [2.24, 2.45) is 0 Å². The van der Waals surface area contributed by atoms with Gasteiger partial charge in [-0.15, -0.1) is 0 Å². The van der Waals surface area contributed by atoms with Crippen LogP contribution in [0.3, 0.4) is 0 Å². The van der Waals surface area contributed by atoms with Crippen LogP contribution in [0, 0.1) is 10.1 Å². The van der Waals surface area contributed by atoms with Crippen molar-refractivity contribution >= 4 is 21.6 Å². The number of nitrogens with zero attached hydrogens (tertiary/aromatic N) is 2. The van der Waals surface area contributed by atoms with Crippen LogP contribution < -0.4 is 0 Å². The summed E-state index contributed by atoms with van der Waals surface area (Å²) >= 11 is 0. The molecule has 0 N–H and O–H groups in total. The first-order chi connectivity index (χ1) is 9.89. The number of sulfonamides is 1. The van der Waals surface area contributed by atoms with Crippen LogP contribution in [-0.2, 0) is 19.6 Å². The molecule has 1 amide bonds. The maximum absolute atomic E-state index is 12.6. The molecule has 1 atom stereocenters. The summed E-state index contributed by atoms with van der Waals surface area (Å²) < 4.78 is 31.0. The molecule has 0 spiro atoms. The number of benzene rings is 1. The maximum atomic E-state index is 12.6. The summed E-state index contributed by atoms with van der Waals surface area (Å²) in [5.41, 5.74) is -0.563. The second-order valence-corrected chi connectivity index (χ2v) is 6.15. The monoisotopic (exact) mass is 314 g/mol. The first kappa shape index (κ1) is 15.4. The van der Waals surface area contributed by atoms with E-state index in [-0.39, 0.29) is 19.4 Å². The first-order valence-electron chi connectivity index (χ1n) is 6.32. The molecule has 0 aliphatic carbocycles. The van der Waals surface area contributed by atoms with Gasteiger partial charge in [-0.05, 0) is 13.0 Å². The Kier molecular flexibility index (Phi) is 4.24. The summed E-state index contributed by atoms with van der Waals surface area (Å²) in [6.45, 7) is 1.92. The summed E-state index contributed by atoms with van der Waals surface area (Å²) in [5.74, 6) is -0.619. The third kappa shape index (κ3) is 2.74. The maximum Gasteiger partial charge on any atom is 0.289 e. The normalized spacial score (nSPS) is 19.0. The number of nitro groups is 1. The molecular formula is C12H14N2O6S. The summed E-state index contributed by atoms with van der Waals surface area (Å²) in [7, 11) is -4.32. The van der Waals surface area contributed by atoms with E-state index in [1.54, 1.807) is 6.92 Å². The molecule has 0 bridgehead atoms. The van der Waals surface area contributed by atoms with Gasteiger partial charge in [-0.25, -0.2) is 12.7 Å². The van der Waals surface area contributed by atoms with Gasteiger partial charge in [0.2, 0.25) is 5.91 Å². The molecule has 1 unspecified atom stereocenters. The third-order valence-corrected chi connectivity index (χ3v) is 4.93. The highest BCUT2D eigenvalue weighted by Crippen LogP contribution is 2.32. The molecule has 1 fully saturated rings. The largest absolute Gasteiger partial charge is 0.357 e. The van der Waals surface area contributed by atoms with E-state index in [0.29, 0.717) is 4.31 Å². The van der Waals surface area contributed by atoms with Crippen molar-refractivity contribution in [3.05, 3.63) is 34.4 Å². The fraction of sp³-hybridized carbons (Fsp3) is 0.417. The van der Waals surface area contributed by atoms with Gasteiger partial charge in [0, 0.05) is 25.5 Å². The van der Waals surface area contributed by atoms with Gasteiger partial charge in [0.1, 0.15) is 6.23 Å². The molecule has 2 rings (SSSR count). The zero-order valence-corrected chi connectivity index (χ0v) is 12.1. The summed E-state index contributed by atoms with van der Waals surface area (Å²) in [5, 5.41) is 11.0. The van der Waals surface area contributed by atoms with E-state index >= 15 is 0 Å². The smallest absolute Gasteiger partial charge is 0.289 e. The second kappa shape index (κ2) is 5.78. The lowest BCUT2D eigenvalue weighted by molar-refractivity contribution is -0.387. The standard InChI is InChI=1S/C12H14N2O6S/c1-2-20-12-8-7-11(15)13(12)21(18,19)10-6-4-3-5-9(10)14(16)17/h3-6,12H,2,7-8H2,1H3. The number of amides is 1.